The Morgan fingerprint density at radius 3 is 2.42 bits per heavy atom. The summed E-state index contributed by atoms with van der Waals surface area (Å²) < 4.78 is 5.71. The van der Waals surface area contributed by atoms with E-state index < -0.39 is 0 Å². The second-order valence-electron chi connectivity index (χ2n) is 6.03. The Bertz CT molecular complexity index is 956. The second-order valence-corrected chi connectivity index (χ2v) is 6.03. The van der Waals surface area contributed by atoms with Crippen LogP contribution in [0.2, 0.25) is 0 Å². The molecule has 0 saturated heterocycles. The van der Waals surface area contributed by atoms with Crippen LogP contribution in [-0.2, 0) is 0 Å². The van der Waals surface area contributed by atoms with Crippen molar-refractivity contribution in [3.63, 3.8) is 0 Å². The second kappa shape index (κ2) is 6.32. The van der Waals surface area contributed by atoms with Gasteiger partial charge in [0.05, 0.1) is 5.39 Å². The van der Waals surface area contributed by atoms with Crippen molar-refractivity contribution < 1.29 is 9.21 Å². The minimum Gasteiger partial charge on any atom is -0.451 e. The Balaban J connectivity index is 2.12. The lowest BCUT2D eigenvalue weighted by molar-refractivity contribution is 0.0954. The number of rotatable bonds is 3. The SMILES string of the molecule is Cc1ccccc1N(C(=O)c1cc(=O)c2ccccc2o1)C(C)C. The third-order valence-corrected chi connectivity index (χ3v) is 3.96. The first-order chi connectivity index (χ1) is 11.5. The highest BCUT2D eigenvalue weighted by Crippen LogP contribution is 2.24. The number of benzene rings is 2. The predicted octanol–water partition coefficient (Wildman–Crippen LogP) is 4.16. The highest BCUT2D eigenvalue weighted by atomic mass is 16.3. The first kappa shape index (κ1) is 16.0. The molecule has 1 amide bonds. The molecule has 0 bridgehead atoms. The average molecular weight is 321 g/mol. The van der Waals surface area contributed by atoms with Crippen LogP contribution in [0, 0.1) is 6.92 Å². The minimum absolute atomic E-state index is 0.0515. The van der Waals surface area contributed by atoms with E-state index in [1.54, 1.807) is 29.2 Å². The molecule has 4 nitrogen and oxygen atoms in total. The summed E-state index contributed by atoms with van der Waals surface area (Å²) in [4.78, 5) is 27.0. The van der Waals surface area contributed by atoms with Crippen LogP contribution in [0.4, 0.5) is 5.69 Å². The summed E-state index contributed by atoms with van der Waals surface area (Å²) in [5.74, 6) is -0.266. The van der Waals surface area contributed by atoms with Gasteiger partial charge in [-0.3, -0.25) is 9.59 Å². The van der Waals surface area contributed by atoms with Crippen molar-refractivity contribution in [2.24, 2.45) is 0 Å². The number of nitrogens with zero attached hydrogens (tertiary/aromatic N) is 1. The summed E-state index contributed by atoms with van der Waals surface area (Å²) in [7, 11) is 0. The van der Waals surface area contributed by atoms with E-state index in [2.05, 4.69) is 0 Å². The highest BCUT2D eigenvalue weighted by molar-refractivity contribution is 6.05. The summed E-state index contributed by atoms with van der Waals surface area (Å²) in [5, 5.41) is 0.473. The van der Waals surface area contributed by atoms with Crippen molar-refractivity contribution >= 4 is 22.6 Å². The Hall–Kier alpha value is -2.88. The van der Waals surface area contributed by atoms with Gasteiger partial charge < -0.3 is 9.32 Å². The zero-order valence-electron chi connectivity index (χ0n) is 13.9. The van der Waals surface area contributed by atoms with E-state index in [1.807, 2.05) is 45.0 Å². The summed E-state index contributed by atoms with van der Waals surface area (Å²) in [5.41, 5.74) is 2.01. The quantitative estimate of drug-likeness (QED) is 0.728. The van der Waals surface area contributed by atoms with E-state index in [4.69, 9.17) is 4.42 Å². The van der Waals surface area contributed by atoms with Gasteiger partial charge in [0.2, 0.25) is 0 Å². The van der Waals surface area contributed by atoms with Crippen LogP contribution in [-0.4, -0.2) is 11.9 Å². The van der Waals surface area contributed by atoms with Crippen LogP contribution in [0.15, 0.2) is 63.8 Å². The van der Waals surface area contributed by atoms with Crippen LogP contribution < -0.4 is 10.3 Å². The molecule has 0 saturated carbocycles. The molecule has 0 atom stereocenters. The molecule has 0 unspecified atom stereocenters. The number of para-hydroxylation sites is 2. The number of hydrogen-bond acceptors (Lipinski definition) is 3. The summed E-state index contributed by atoms with van der Waals surface area (Å²) in [6.07, 6.45) is 0. The third kappa shape index (κ3) is 2.83. The molecule has 0 radical (unpaired) electrons. The number of fused-ring (bicyclic) bond motifs is 1. The van der Waals surface area contributed by atoms with Crippen LogP contribution >= 0.6 is 0 Å². The van der Waals surface area contributed by atoms with Gasteiger partial charge in [0.25, 0.3) is 5.91 Å². The van der Waals surface area contributed by atoms with Crippen molar-refractivity contribution in [2.75, 3.05) is 4.90 Å². The van der Waals surface area contributed by atoms with E-state index in [0.717, 1.165) is 11.3 Å². The van der Waals surface area contributed by atoms with Gasteiger partial charge in [-0.2, -0.15) is 0 Å². The first-order valence-corrected chi connectivity index (χ1v) is 7.91. The zero-order valence-corrected chi connectivity index (χ0v) is 13.9. The van der Waals surface area contributed by atoms with E-state index in [9.17, 15) is 9.59 Å². The smallest absolute Gasteiger partial charge is 0.294 e. The molecule has 3 aromatic rings. The van der Waals surface area contributed by atoms with Gasteiger partial charge in [-0.15, -0.1) is 0 Å². The molecule has 0 aliphatic heterocycles. The van der Waals surface area contributed by atoms with Crippen molar-refractivity contribution in [1.29, 1.82) is 0 Å². The number of aryl methyl sites for hydroxylation is 1. The van der Waals surface area contributed by atoms with Crippen molar-refractivity contribution in [3.05, 3.63) is 76.1 Å². The topological polar surface area (TPSA) is 50.5 Å². The Morgan fingerprint density at radius 1 is 1.04 bits per heavy atom. The van der Waals surface area contributed by atoms with Crippen molar-refractivity contribution in [3.8, 4) is 0 Å². The number of hydrogen-bond donors (Lipinski definition) is 0. The van der Waals surface area contributed by atoms with Crippen LogP contribution in [0.3, 0.4) is 0 Å². The van der Waals surface area contributed by atoms with Crippen LogP contribution in [0.1, 0.15) is 30.0 Å². The fraction of sp³-hybridized carbons (Fsp3) is 0.200. The monoisotopic (exact) mass is 321 g/mol. The van der Waals surface area contributed by atoms with Gasteiger partial charge in [0.15, 0.2) is 11.2 Å². The standard InChI is InChI=1S/C20H19NO3/c1-13(2)21(16-10-6-4-8-14(16)3)20(23)19-12-17(22)15-9-5-7-11-18(15)24-19/h4-13H,1-3H3. The van der Waals surface area contributed by atoms with Crippen LogP contribution in [0.5, 0.6) is 0 Å². The van der Waals surface area contributed by atoms with E-state index in [1.165, 1.54) is 6.07 Å². The molecule has 0 N–H and O–H groups in total. The lowest BCUT2D eigenvalue weighted by Crippen LogP contribution is -2.37. The molecule has 1 heterocycles. The normalized spacial score (nSPS) is 11.0. The van der Waals surface area contributed by atoms with E-state index in [0.29, 0.717) is 11.0 Å². The number of anilines is 1. The number of amides is 1. The first-order valence-electron chi connectivity index (χ1n) is 7.91. The van der Waals surface area contributed by atoms with E-state index >= 15 is 0 Å². The molecule has 0 aliphatic carbocycles. The molecule has 0 fully saturated rings. The number of carbonyl (C=O) groups excluding carboxylic acids is 1. The molecule has 0 spiro atoms. The molecule has 1 aromatic heterocycles. The van der Waals surface area contributed by atoms with Crippen molar-refractivity contribution in [1.82, 2.24) is 0 Å². The maximum atomic E-state index is 13.0. The zero-order chi connectivity index (χ0) is 17.3. The van der Waals surface area contributed by atoms with Gasteiger partial charge in [0, 0.05) is 17.8 Å². The molecule has 0 aliphatic rings. The van der Waals surface area contributed by atoms with Gasteiger partial charge in [-0.25, -0.2) is 0 Å². The molecule has 4 heteroatoms. The molecule has 24 heavy (non-hydrogen) atoms. The average Bonchev–Trinajstić information content (AvgIpc) is 2.56. The van der Waals surface area contributed by atoms with Crippen LogP contribution in [0.25, 0.3) is 11.0 Å². The lowest BCUT2D eigenvalue weighted by atomic mass is 10.1. The molecule has 122 valence electrons. The largest absolute Gasteiger partial charge is 0.451 e. The third-order valence-electron chi connectivity index (χ3n) is 3.96. The molecular formula is C20H19NO3. The Kier molecular flexibility index (Phi) is 4.21. The maximum absolute atomic E-state index is 13.0. The number of carbonyl (C=O) groups is 1. The Morgan fingerprint density at radius 2 is 1.71 bits per heavy atom. The minimum atomic E-state index is -0.317. The molecule has 3 rings (SSSR count). The van der Waals surface area contributed by atoms with Gasteiger partial charge in [0.1, 0.15) is 5.58 Å². The molecule has 2 aromatic carbocycles. The van der Waals surface area contributed by atoms with Gasteiger partial charge in [-0.05, 0) is 44.5 Å². The predicted molar refractivity (Wildman–Crippen MR) is 95.6 cm³/mol. The summed E-state index contributed by atoms with van der Waals surface area (Å²) in [6, 6.07) is 15.8. The van der Waals surface area contributed by atoms with Gasteiger partial charge in [-0.1, -0.05) is 30.3 Å². The fourth-order valence-corrected chi connectivity index (χ4v) is 2.78. The van der Waals surface area contributed by atoms with E-state index in [-0.39, 0.29) is 23.1 Å². The van der Waals surface area contributed by atoms with Crippen molar-refractivity contribution in [2.45, 2.75) is 26.8 Å². The molecular weight excluding hydrogens is 302 g/mol. The lowest BCUT2D eigenvalue weighted by Gasteiger charge is -2.27. The fourth-order valence-electron chi connectivity index (χ4n) is 2.78. The maximum Gasteiger partial charge on any atom is 0.294 e. The summed E-state index contributed by atoms with van der Waals surface area (Å²) in [6.45, 7) is 5.82. The Labute approximate surface area is 140 Å². The van der Waals surface area contributed by atoms with Gasteiger partial charge >= 0.3 is 0 Å². The summed E-state index contributed by atoms with van der Waals surface area (Å²) >= 11 is 0. The highest BCUT2D eigenvalue weighted by Gasteiger charge is 2.24.